The SMILES string of the molecule is CC(C)(C)C(=O)NC(=S)NCc1cccs1. The molecule has 0 aliphatic carbocycles. The second-order valence-electron chi connectivity index (χ2n) is 4.47. The summed E-state index contributed by atoms with van der Waals surface area (Å²) in [6.07, 6.45) is 0. The van der Waals surface area contributed by atoms with Crippen LogP contribution in [0.15, 0.2) is 17.5 Å². The molecule has 0 spiro atoms. The first-order valence-electron chi connectivity index (χ1n) is 5.01. The summed E-state index contributed by atoms with van der Waals surface area (Å²) in [5, 5.41) is 8.06. The lowest BCUT2D eigenvalue weighted by Crippen LogP contribution is -2.44. The van der Waals surface area contributed by atoms with Crippen molar-refractivity contribution in [1.29, 1.82) is 0 Å². The Morgan fingerprint density at radius 2 is 2.19 bits per heavy atom. The molecule has 16 heavy (non-hydrogen) atoms. The summed E-state index contributed by atoms with van der Waals surface area (Å²) in [6.45, 7) is 6.21. The number of thiocarbonyl (C=S) groups is 1. The van der Waals surface area contributed by atoms with Crippen LogP contribution in [0.3, 0.4) is 0 Å². The van der Waals surface area contributed by atoms with Crippen molar-refractivity contribution in [2.45, 2.75) is 27.3 Å². The van der Waals surface area contributed by atoms with E-state index in [2.05, 4.69) is 10.6 Å². The normalized spacial score (nSPS) is 10.9. The fourth-order valence-electron chi connectivity index (χ4n) is 0.915. The van der Waals surface area contributed by atoms with E-state index < -0.39 is 5.41 Å². The van der Waals surface area contributed by atoms with Gasteiger partial charge in [0.1, 0.15) is 0 Å². The van der Waals surface area contributed by atoms with Gasteiger partial charge in [0, 0.05) is 10.3 Å². The number of carbonyl (C=O) groups excluding carboxylic acids is 1. The van der Waals surface area contributed by atoms with Gasteiger partial charge in [-0.05, 0) is 23.7 Å². The molecule has 5 heteroatoms. The maximum atomic E-state index is 11.6. The Morgan fingerprint density at radius 1 is 1.50 bits per heavy atom. The minimum absolute atomic E-state index is 0.0730. The van der Waals surface area contributed by atoms with Crippen LogP contribution in [0.5, 0.6) is 0 Å². The van der Waals surface area contributed by atoms with E-state index in [0.29, 0.717) is 11.7 Å². The van der Waals surface area contributed by atoms with Gasteiger partial charge in [-0.3, -0.25) is 4.79 Å². The maximum absolute atomic E-state index is 11.6. The summed E-state index contributed by atoms with van der Waals surface area (Å²) >= 11 is 6.69. The molecule has 0 aliphatic rings. The van der Waals surface area contributed by atoms with Gasteiger partial charge in [-0.1, -0.05) is 26.8 Å². The van der Waals surface area contributed by atoms with Gasteiger partial charge in [0.25, 0.3) is 0 Å². The highest BCUT2D eigenvalue weighted by Crippen LogP contribution is 2.12. The van der Waals surface area contributed by atoms with Crippen molar-refractivity contribution in [2.75, 3.05) is 0 Å². The van der Waals surface area contributed by atoms with E-state index in [4.69, 9.17) is 12.2 Å². The first-order chi connectivity index (χ1) is 7.39. The second kappa shape index (κ2) is 5.41. The molecule has 1 amide bonds. The van der Waals surface area contributed by atoms with Crippen molar-refractivity contribution in [3.05, 3.63) is 22.4 Å². The number of rotatable bonds is 2. The van der Waals surface area contributed by atoms with Crippen LogP contribution in [0.25, 0.3) is 0 Å². The largest absolute Gasteiger partial charge is 0.357 e. The number of hydrogen-bond donors (Lipinski definition) is 2. The monoisotopic (exact) mass is 256 g/mol. The number of nitrogens with one attached hydrogen (secondary N) is 2. The Bertz CT molecular complexity index is 366. The molecule has 0 saturated carbocycles. The van der Waals surface area contributed by atoms with Crippen LogP contribution in [0.1, 0.15) is 25.6 Å². The van der Waals surface area contributed by atoms with E-state index >= 15 is 0 Å². The third-order valence-electron chi connectivity index (χ3n) is 1.91. The lowest BCUT2D eigenvalue weighted by atomic mass is 9.96. The van der Waals surface area contributed by atoms with Gasteiger partial charge in [0.2, 0.25) is 5.91 Å². The molecule has 0 fully saturated rings. The van der Waals surface area contributed by atoms with Gasteiger partial charge >= 0.3 is 0 Å². The van der Waals surface area contributed by atoms with Gasteiger partial charge < -0.3 is 10.6 Å². The Hall–Kier alpha value is -0.940. The lowest BCUT2D eigenvalue weighted by molar-refractivity contribution is -0.126. The van der Waals surface area contributed by atoms with Crippen LogP contribution in [-0.4, -0.2) is 11.0 Å². The van der Waals surface area contributed by atoms with Gasteiger partial charge in [-0.15, -0.1) is 11.3 Å². The third-order valence-corrected chi connectivity index (χ3v) is 3.03. The summed E-state index contributed by atoms with van der Waals surface area (Å²) in [5.74, 6) is -0.0730. The van der Waals surface area contributed by atoms with Crippen LogP contribution < -0.4 is 10.6 Å². The zero-order chi connectivity index (χ0) is 12.2. The average molecular weight is 256 g/mol. The summed E-state index contributed by atoms with van der Waals surface area (Å²) < 4.78 is 0. The molecule has 0 aliphatic heterocycles. The average Bonchev–Trinajstić information content (AvgIpc) is 2.65. The molecule has 0 unspecified atom stereocenters. The predicted octanol–water partition coefficient (Wildman–Crippen LogP) is 2.28. The topological polar surface area (TPSA) is 41.1 Å². The van der Waals surface area contributed by atoms with E-state index in [0.717, 1.165) is 0 Å². The first kappa shape index (κ1) is 13.1. The molecule has 3 nitrogen and oxygen atoms in total. The number of thiophene rings is 1. The molecule has 1 aromatic rings. The molecular weight excluding hydrogens is 240 g/mol. The second-order valence-corrected chi connectivity index (χ2v) is 5.91. The highest BCUT2D eigenvalue weighted by Gasteiger charge is 2.21. The Kier molecular flexibility index (Phi) is 4.44. The quantitative estimate of drug-likeness (QED) is 0.798. The van der Waals surface area contributed by atoms with E-state index in [1.807, 2.05) is 38.3 Å². The summed E-state index contributed by atoms with van der Waals surface area (Å²) in [5.41, 5.74) is -0.422. The van der Waals surface area contributed by atoms with Gasteiger partial charge in [0.15, 0.2) is 5.11 Å². The standard InChI is InChI=1S/C11H16N2OS2/c1-11(2,3)9(14)13-10(15)12-7-8-5-4-6-16-8/h4-6H,7H2,1-3H3,(H2,12,13,14,15). The van der Waals surface area contributed by atoms with Crippen molar-refractivity contribution >= 4 is 34.6 Å². The Labute approximate surface area is 105 Å². The van der Waals surface area contributed by atoms with Crippen LogP contribution in [0.2, 0.25) is 0 Å². The molecule has 1 heterocycles. The molecule has 88 valence electrons. The van der Waals surface area contributed by atoms with Crippen LogP contribution in [0, 0.1) is 5.41 Å². The number of carbonyl (C=O) groups is 1. The zero-order valence-electron chi connectivity index (χ0n) is 9.66. The molecule has 2 N–H and O–H groups in total. The molecule has 0 radical (unpaired) electrons. The highest BCUT2D eigenvalue weighted by molar-refractivity contribution is 7.80. The summed E-state index contributed by atoms with van der Waals surface area (Å²) in [4.78, 5) is 12.8. The molecular formula is C11H16N2OS2. The smallest absolute Gasteiger partial charge is 0.231 e. The summed E-state index contributed by atoms with van der Waals surface area (Å²) in [6, 6.07) is 4.00. The van der Waals surface area contributed by atoms with E-state index in [1.54, 1.807) is 11.3 Å². The predicted molar refractivity (Wildman–Crippen MR) is 71.4 cm³/mol. The Morgan fingerprint density at radius 3 is 2.69 bits per heavy atom. The van der Waals surface area contributed by atoms with Crippen molar-refractivity contribution < 1.29 is 4.79 Å². The van der Waals surface area contributed by atoms with Crippen LogP contribution in [-0.2, 0) is 11.3 Å². The number of hydrogen-bond acceptors (Lipinski definition) is 3. The van der Waals surface area contributed by atoms with Crippen LogP contribution >= 0.6 is 23.6 Å². The zero-order valence-corrected chi connectivity index (χ0v) is 11.3. The summed E-state index contributed by atoms with van der Waals surface area (Å²) in [7, 11) is 0. The van der Waals surface area contributed by atoms with Crippen molar-refractivity contribution in [3.8, 4) is 0 Å². The van der Waals surface area contributed by atoms with Crippen molar-refractivity contribution in [3.63, 3.8) is 0 Å². The first-order valence-corrected chi connectivity index (χ1v) is 6.30. The van der Waals surface area contributed by atoms with Crippen molar-refractivity contribution in [1.82, 2.24) is 10.6 Å². The van der Waals surface area contributed by atoms with Crippen LogP contribution in [0.4, 0.5) is 0 Å². The molecule has 0 saturated heterocycles. The lowest BCUT2D eigenvalue weighted by Gasteiger charge is -2.18. The van der Waals surface area contributed by atoms with E-state index in [9.17, 15) is 4.79 Å². The third kappa shape index (κ3) is 4.28. The van der Waals surface area contributed by atoms with E-state index in [-0.39, 0.29) is 5.91 Å². The van der Waals surface area contributed by atoms with Gasteiger partial charge in [-0.25, -0.2) is 0 Å². The highest BCUT2D eigenvalue weighted by atomic mass is 32.1. The molecule has 1 aromatic heterocycles. The maximum Gasteiger partial charge on any atom is 0.231 e. The minimum Gasteiger partial charge on any atom is -0.357 e. The van der Waals surface area contributed by atoms with E-state index in [1.165, 1.54) is 4.88 Å². The van der Waals surface area contributed by atoms with Gasteiger partial charge in [-0.2, -0.15) is 0 Å². The molecule has 0 aromatic carbocycles. The fourth-order valence-corrected chi connectivity index (χ4v) is 1.72. The van der Waals surface area contributed by atoms with Crippen molar-refractivity contribution in [2.24, 2.45) is 5.41 Å². The van der Waals surface area contributed by atoms with Gasteiger partial charge in [0.05, 0.1) is 6.54 Å². The molecule has 1 rings (SSSR count). The molecule has 0 bridgehead atoms. The fraction of sp³-hybridized carbons (Fsp3) is 0.455. The minimum atomic E-state index is -0.422. The Balaban J connectivity index is 2.34. The molecule has 0 atom stereocenters. The number of amides is 1.